The van der Waals surface area contributed by atoms with Gasteiger partial charge in [0.25, 0.3) is 0 Å². The van der Waals surface area contributed by atoms with E-state index in [9.17, 15) is 4.79 Å². The van der Waals surface area contributed by atoms with Crippen molar-refractivity contribution in [3.63, 3.8) is 0 Å². The molecule has 1 N–H and O–H groups in total. The van der Waals surface area contributed by atoms with Crippen molar-refractivity contribution in [2.75, 3.05) is 33.1 Å². The van der Waals surface area contributed by atoms with Gasteiger partial charge in [-0.3, -0.25) is 9.36 Å². The predicted molar refractivity (Wildman–Crippen MR) is 110 cm³/mol. The number of nitrogens with one attached hydrogen (secondary N) is 1. The molecular weight excluding hydrogens is 392 g/mol. The lowest BCUT2D eigenvalue weighted by Gasteiger charge is -2.11. The summed E-state index contributed by atoms with van der Waals surface area (Å²) < 4.78 is 17.9. The molecular formula is C20H22N4O4S. The Morgan fingerprint density at radius 2 is 1.93 bits per heavy atom. The Morgan fingerprint density at radius 3 is 2.72 bits per heavy atom. The van der Waals surface area contributed by atoms with Crippen LogP contribution in [-0.2, 0) is 4.79 Å². The largest absolute Gasteiger partial charge is 0.497 e. The van der Waals surface area contributed by atoms with Gasteiger partial charge in [-0.05, 0) is 24.3 Å². The van der Waals surface area contributed by atoms with Crippen molar-refractivity contribution in [3.05, 3.63) is 54.9 Å². The first-order chi connectivity index (χ1) is 14.2. The average Bonchev–Trinajstić information content (AvgIpc) is 3.24. The number of thioether (sulfide) groups is 1. The molecule has 3 rings (SSSR count). The van der Waals surface area contributed by atoms with Crippen LogP contribution in [0.2, 0.25) is 0 Å². The summed E-state index contributed by atoms with van der Waals surface area (Å²) in [5, 5.41) is 11.5. The summed E-state index contributed by atoms with van der Waals surface area (Å²) in [5.74, 6) is 2.15. The molecule has 0 bridgehead atoms. The van der Waals surface area contributed by atoms with Crippen LogP contribution < -0.4 is 19.5 Å². The summed E-state index contributed by atoms with van der Waals surface area (Å²) in [6, 6.07) is 14.9. The van der Waals surface area contributed by atoms with Crippen molar-refractivity contribution < 1.29 is 19.0 Å². The molecule has 0 aliphatic carbocycles. The number of methoxy groups -OCH3 is 2. The Morgan fingerprint density at radius 1 is 1.10 bits per heavy atom. The number of para-hydroxylation sites is 2. The second-order valence-corrected chi connectivity index (χ2v) is 6.77. The molecule has 8 nitrogen and oxygen atoms in total. The van der Waals surface area contributed by atoms with Gasteiger partial charge in [-0.25, -0.2) is 0 Å². The molecule has 2 aromatic carbocycles. The van der Waals surface area contributed by atoms with Crippen LogP contribution in [0.3, 0.4) is 0 Å². The molecule has 0 radical (unpaired) electrons. The second-order valence-electron chi connectivity index (χ2n) is 5.82. The minimum Gasteiger partial charge on any atom is -0.497 e. The van der Waals surface area contributed by atoms with E-state index in [1.54, 1.807) is 20.5 Å². The Kier molecular flexibility index (Phi) is 7.34. The Balaban J connectivity index is 1.46. The number of nitrogens with zero attached hydrogens (tertiary/aromatic N) is 3. The molecule has 0 aliphatic heterocycles. The minimum atomic E-state index is -0.112. The highest BCUT2D eigenvalue weighted by atomic mass is 32.2. The van der Waals surface area contributed by atoms with E-state index in [1.807, 2.05) is 53.1 Å². The van der Waals surface area contributed by atoms with Crippen molar-refractivity contribution >= 4 is 17.7 Å². The second kappa shape index (κ2) is 10.4. The van der Waals surface area contributed by atoms with Crippen molar-refractivity contribution in [1.29, 1.82) is 0 Å². The maximum atomic E-state index is 12.1. The van der Waals surface area contributed by atoms with E-state index in [1.165, 1.54) is 11.8 Å². The van der Waals surface area contributed by atoms with Gasteiger partial charge in [0.05, 0.1) is 32.2 Å². The molecule has 1 aromatic heterocycles. The number of aromatic nitrogens is 3. The number of hydrogen-bond acceptors (Lipinski definition) is 7. The molecule has 0 spiro atoms. The lowest BCUT2D eigenvalue weighted by molar-refractivity contribution is -0.118. The maximum absolute atomic E-state index is 12.1. The van der Waals surface area contributed by atoms with Crippen LogP contribution in [0.1, 0.15) is 0 Å². The Hall–Kier alpha value is -3.20. The van der Waals surface area contributed by atoms with Gasteiger partial charge in [-0.1, -0.05) is 30.0 Å². The number of carbonyl (C=O) groups is 1. The first kappa shape index (κ1) is 20.5. The summed E-state index contributed by atoms with van der Waals surface area (Å²) in [4.78, 5) is 12.1. The molecule has 29 heavy (non-hydrogen) atoms. The Labute approximate surface area is 173 Å². The number of benzene rings is 2. The highest BCUT2D eigenvalue weighted by Crippen LogP contribution is 2.25. The van der Waals surface area contributed by atoms with E-state index in [0.29, 0.717) is 29.8 Å². The van der Waals surface area contributed by atoms with E-state index in [0.717, 1.165) is 11.4 Å². The van der Waals surface area contributed by atoms with Crippen LogP contribution in [0.25, 0.3) is 5.69 Å². The molecule has 0 atom stereocenters. The number of rotatable bonds is 10. The quantitative estimate of drug-likeness (QED) is 0.403. The number of carbonyl (C=O) groups excluding carboxylic acids is 1. The van der Waals surface area contributed by atoms with Crippen LogP contribution in [0.4, 0.5) is 0 Å². The van der Waals surface area contributed by atoms with Gasteiger partial charge in [-0.15, -0.1) is 10.2 Å². The van der Waals surface area contributed by atoms with Crippen LogP contribution in [0, 0.1) is 0 Å². The lowest BCUT2D eigenvalue weighted by atomic mass is 10.3. The van der Waals surface area contributed by atoms with Crippen molar-refractivity contribution in [2.24, 2.45) is 0 Å². The lowest BCUT2D eigenvalue weighted by Crippen LogP contribution is -2.29. The zero-order valence-electron chi connectivity index (χ0n) is 16.2. The maximum Gasteiger partial charge on any atom is 0.230 e. The summed E-state index contributed by atoms with van der Waals surface area (Å²) in [6.07, 6.45) is 1.61. The summed E-state index contributed by atoms with van der Waals surface area (Å²) >= 11 is 1.31. The number of amides is 1. The molecule has 9 heteroatoms. The van der Waals surface area contributed by atoms with Crippen molar-refractivity contribution in [1.82, 2.24) is 20.1 Å². The number of ether oxygens (including phenoxy) is 3. The fourth-order valence-electron chi connectivity index (χ4n) is 2.53. The van der Waals surface area contributed by atoms with Crippen LogP contribution >= 0.6 is 11.8 Å². The molecule has 152 valence electrons. The Bertz CT molecular complexity index is 947. The molecule has 1 heterocycles. The van der Waals surface area contributed by atoms with Gasteiger partial charge < -0.3 is 19.5 Å². The highest BCUT2D eigenvalue weighted by Gasteiger charge is 2.11. The van der Waals surface area contributed by atoms with E-state index in [-0.39, 0.29) is 11.7 Å². The third-order valence-electron chi connectivity index (χ3n) is 3.93. The summed E-state index contributed by atoms with van der Waals surface area (Å²) in [6.45, 7) is 0.733. The fourth-order valence-corrected chi connectivity index (χ4v) is 3.29. The van der Waals surface area contributed by atoms with Gasteiger partial charge in [0.15, 0.2) is 16.7 Å². The van der Waals surface area contributed by atoms with E-state index < -0.39 is 0 Å². The third kappa shape index (κ3) is 5.64. The third-order valence-corrected chi connectivity index (χ3v) is 4.87. The standard InChI is InChI=1S/C20H22N4O4S/c1-26-16-7-5-6-15(12-16)24-14-22-23-20(24)29-13-19(25)21-10-11-28-18-9-4-3-8-17(18)27-2/h3-9,12,14H,10-11,13H2,1-2H3,(H,21,25). The van der Waals surface area contributed by atoms with Crippen LogP contribution in [-0.4, -0.2) is 53.8 Å². The normalized spacial score (nSPS) is 10.4. The van der Waals surface area contributed by atoms with Crippen LogP contribution in [0.15, 0.2) is 60.0 Å². The van der Waals surface area contributed by atoms with Gasteiger partial charge in [0.2, 0.25) is 5.91 Å². The summed E-state index contributed by atoms with van der Waals surface area (Å²) in [5.41, 5.74) is 0.863. The molecule has 0 saturated heterocycles. The molecule has 0 fully saturated rings. The van der Waals surface area contributed by atoms with E-state index in [2.05, 4.69) is 15.5 Å². The smallest absolute Gasteiger partial charge is 0.230 e. The van der Waals surface area contributed by atoms with E-state index >= 15 is 0 Å². The first-order valence-electron chi connectivity index (χ1n) is 8.91. The zero-order chi connectivity index (χ0) is 20.5. The minimum absolute atomic E-state index is 0.112. The molecule has 0 aliphatic rings. The average molecular weight is 414 g/mol. The highest BCUT2D eigenvalue weighted by molar-refractivity contribution is 7.99. The molecule has 3 aromatic rings. The fraction of sp³-hybridized carbons (Fsp3) is 0.250. The van der Waals surface area contributed by atoms with Gasteiger partial charge in [0.1, 0.15) is 18.7 Å². The monoisotopic (exact) mass is 414 g/mol. The SMILES string of the molecule is COc1cccc(-n2cnnc2SCC(=O)NCCOc2ccccc2OC)c1. The molecule has 1 amide bonds. The summed E-state index contributed by atoms with van der Waals surface area (Å²) in [7, 11) is 3.20. The molecule has 0 saturated carbocycles. The van der Waals surface area contributed by atoms with Gasteiger partial charge in [-0.2, -0.15) is 0 Å². The van der Waals surface area contributed by atoms with Crippen molar-refractivity contribution in [2.45, 2.75) is 5.16 Å². The number of hydrogen-bond donors (Lipinski definition) is 1. The topological polar surface area (TPSA) is 87.5 Å². The van der Waals surface area contributed by atoms with E-state index in [4.69, 9.17) is 14.2 Å². The zero-order valence-corrected chi connectivity index (χ0v) is 17.0. The predicted octanol–water partition coefficient (Wildman–Crippen LogP) is 2.57. The van der Waals surface area contributed by atoms with Crippen molar-refractivity contribution in [3.8, 4) is 22.9 Å². The van der Waals surface area contributed by atoms with Gasteiger partial charge in [0, 0.05) is 6.07 Å². The first-order valence-corrected chi connectivity index (χ1v) is 9.89. The van der Waals surface area contributed by atoms with Gasteiger partial charge >= 0.3 is 0 Å². The molecule has 0 unspecified atom stereocenters. The van der Waals surface area contributed by atoms with Crippen LogP contribution in [0.5, 0.6) is 17.2 Å².